The second-order valence-electron chi connectivity index (χ2n) is 9.00. The summed E-state index contributed by atoms with van der Waals surface area (Å²) >= 11 is 6.59. The minimum Gasteiger partial charge on any atom is -0.456 e. The lowest BCUT2D eigenvalue weighted by molar-refractivity contribution is 0.00706. The van der Waals surface area contributed by atoms with Gasteiger partial charge in [-0.25, -0.2) is 9.97 Å². The highest BCUT2D eigenvalue weighted by atomic mass is 35.5. The molecular weight excluding hydrogens is 496 g/mol. The van der Waals surface area contributed by atoms with Crippen LogP contribution >= 0.6 is 11.6 Å². The lowest BCUT2D eigenvalue weighted by atomic mass is 10.0. The predicted molar refractivity (Wildman–Crippen MR) is 135 cm³/mol. The van der Waals surface area contributed by atoms with Crippen molar-refractivity contribution in [1.29, 1.82) is 0 Å². The average Bonchev–Trinajstić information content (AvgIpc) is 3.71. The van der Waals surface area contributed by atoms with Crippen molar-refractivity contribution < 1.29 is 19.3 Å². The fraction of sp³-hybridized carbons (Fsp3) is 0.231. The molecule has 7 rings (SSSR count). The van der Waals surface area contributed by atoms with E-state index in [1.807, 2.05) is 42.6 Å². The van der Waals surface area contributed by atoms with Gasteiger partial charge in [0.15, 0.2) is 17.6 Å². The first-order valence-electron chi connectivity index (χ1n) is 11.8. The normalized spacial score (nSPS) is 23.0. The molecule has 2 aliphatic rings. The number of imidazole rings is 2. The van der Waals surface area contributed by atoms with E-state index in [2.05, 4.69) is 29.9 Å². The zero-order chi connectivity index (χ0) is 24.9. The maximum Gasteiger partial charge on any atom is 0.296 e. The lowest BCUT2D eigenvalue weighted by Crippen LogP contribution is -2.34. The number of nitrogens with one attached hydrogen (secondary N) is 2. The number of aliphatic hydroxyl groups is 1. The molecule has 6 heterocycles. The van der Waals surface area contributed by atoms with Gasteiger partial charge in [-0.05, 0) is 17.7 Å². The van der Waals surface area contributed by atoms with Gasteiger partial charge in [0.1, 0.15) is 24.0 Å². The Morgan fingerprint density at radius 1 is 0.946 bits per heavy atom. The standard InChI is InChI=1S/C26H21ClN6O4/c27-16-9-18-25(33-26(31-18)37-20-12-36-22-19(34)11-35-23(20)22)32-21(16)14-3-1-13(2-4-14)15-5-6-17(30-10-15)24-28-7-8-29-24/h1-10,19-20,22-23,34H,11-12H2,(H,28,29)(H,31,32,33)/t19-,20-,22-,23-/m1/s1. The molecule has 0 unspecified atom stereocenters. The molecule has 0 spiro atoms. The van der Waals surface area contributed by atoms with E-state index in [-0.39, 0.29) is 24.9 Å². The first-order valence-corrected chi connectivity index (χ1v) is 12.2. The molecule has 37 heavy (non-hydrogen) atoms. The SMILES string of the molecule is O[C@@H]1CO[C@H]2[C@@H]1OC[C@H]2Oc1nc2nc(-c3ccc(-c4ccc(-c5ncc[nH]5)nc4)cc3)c(Cl)cc2[nH]1. The summed E-state index contributed by atoms with van der Waals surface area (Å²) in [6, 6.07) is 14.0. The second kappa shape index (κ2) is 8.93. The lowest BCUT2D eigenvalue weighted by Gasteiger charge is -2.15. The van der Waals surface area contributed by atoms with E-state index in [0.29, 0.717) is 34.5 Å². The Kier molecular flexibility index (Phi) is 5.40. The predicted octanol–water partition coefficient (Wildman–Crippen LogP) is 3.64. The molecule has 3 N–H and O–H groups in total. The number of aliphatic hydroxyl groups excluding tert-OH is 1. The summed E-state index contributed by atoms with van der Waals surface area (Å²) in [7, 11) is 0. The minimum atomic E-state index is -0.638. The van der Waals surface area contributed by atoms with Crippen LogP contribution < -0.4 is 4.74 Å². The van der Waals surface area contributed by atoms with Crippen molar-refractivity contribution in [3.8, 4) is 39.9 Å². The number of nitrogens with zero attached hydrogens (tertiary/aromatic N) is 4. The number of halogens is 1. The maximum absolute atomic E-state index is 9.94. The van der Waals surface area contributed by atoms with Gasteiger partial charge in [-0.15, -0.1) is 0 Å². The van der Waals surface area contributed by atoms with Gasteiger partial charge in [0.2, 0.25) is 0 Å². The molecule has 1 aromatic carbocycles. The Balaban J connectivity index is 1.11. The van der Waals surface area contributed by atoms with E-state index in [4.69, 9.17) is 25.8 Å². The Morgan fingerprint density at radius 3 is 2.54 bits per heavy atom. The van der Waals surface area contributed by atoms with E-state index >= 15 is 0 Å². The summed E-state index contributed by atoms with van der Waals surface area (Å²) in [5, 5.41) is 10.4. The molecular formula is C26H21ClN6O4. The molecule has 10 nitrogen and oxygen atoms in total. The zero-order valence-corrected chi connectivity index (χ0v) is 20.1. The summed E-state index contributed by atoms with van der Waals surface area (Å²) in [4.78, 5) is 24.1. The number of pyridine rings is 2. The van der Waals surface area contributed by atoms with E-state index in [0.717, 1.165) is 28.2 Å². The van der Waals surface area contributed by atoms with Crippen molar-refractivity contribution >= 4 is 22.8 Å². The fourth-order valence-corrected chi connectivity index (χ4v) is 5.03. The first-order chi connectivity index (χ1) is 18.1. The van der Waals surface area contributed by atoms with Crippen LogP contribution in [0.2, 0.25) is 5.02 Å². The van der Waals surface area contributed by atoms with Gasteiger partial charge in [0, 0.05) is 29.7 Å². The largest absolute Gasteiger partial charge is 0.456 e. The van der Waals surface area contributed by atoms with Crippen molar-refractivity contribution in [2.45, 2.75) is 24.4 Å². The Labute approximate surface area is 215 Å². The van der Waals surface area contributed by atoms with E-state index in [1.54, 1.807) is 18.5 Å². The molecule has 0 aliphatic carbocycles. The number of H-pyrrole nitrogens is 2. The van der Waals surface area contributed by atoms with Crippen molar-refractivity contribution in [3.63, 3.8) is 0 Å². The maximum atomic E-state index is 9.94. The van der Waals surface area contributed by atoms with Crippen molar-refractivity contribution in [2.75, 3.05) is 13.2 Å². The quantitative estimate of drug-likeness (QED) is 0.323. The van der Waals surface area contributed by atoms with Gasteiger partial charge in [-0.2, -0.15) is 4.98 Å². The van der Waals surface area contributed by atoms with Gasteiger partial charge in [0.25, 0.3) is 6.01 Å². The fourth-order valence-electron chi connectivity index (χ4n) is 4.77. The highest BCUT2D eigenvalue weighted by molar-refractivity contribution is 6.33. The molecule has 5 aromatic rings. The molecule has 0 amide bonds. The highest BCUT2D eigenvalue weighted by Gasteiger charge is 2.48. The summed E-state index contributed by atoms with van der Waals surface area (Å²) in [6.45, 7) is 0.553. The number of hydrogen-bond acceptors (Lipinski definition) is 8. The number of aromatic amines is 2. The molecule has 4 aromatic heterocycles. The monoisotopic (exact) mass is 516 g/mol. The molecule has 2 saturated heterocycles. The number of aromatic nitrogens is 6. The van der Waals surface area contributed by atoms with Crippen LogP contribution in [0.15, 0.2) is 61.1 Å². The third kappa shape index (κ3) is 4.04. The third-order valence-electron chi connectivity index (χ3n) is 6.65. The van der Waals surface area contributed by atoms with Crippen LogP contribution in [-0.2, 0) is 9.47 Å². The third-order valence-corrected chi connectivity index (χ3v) is 6.93. The topological polar surface area (TPSA) is 131 Å². The van der Waals surface area contributed by atoms with E-state index in [1.165, 1.54) is 0 Å². The molecule has 2 aliphatic heterocycles. The number of rotatable bonds is 5. The Hall–Kier alpha value is -3.83. The van der Waals surface area contributed by atoms with Crippen LogP contribution in [0, 0.1) is 0 Å². The number of fused-ring (bicyclic) bond motifs is 2. The van der Waals surface area contributed by atoms with Gasteiger partial charge >= 0.3 is 0 Å². The highest BCUT2D eigenvalue weighted by Crippen LogP contribution is 2.33. The van der Waals surface area contributed by atoms with Gasteiger partial charge in [-0.1, -0.05) is 41.9 Å². The van der Waals surface area contributed by atoms with Crippen molar-refractivity contribution in [2.24, 2.45) is 0 Å². The number of benzene rings is 1. The number of hydrogen-bond donors (Lipinski definition) is 3. The summed E-state index contributed by atoms with van der Waals surface area (Å²) in [5.74, 6) is 0.733. The summed E-state index contributed by atoms with van der Waals surface area (Å²) in [6.07, 6.45) is 3.59. The summed E-state index contributed by atoms with van der Waals surface area (Å²) in [5.41, 5.74) is 5.42. The van der Waals surface area contributed by atoms with Crippen LogP contribution in [0.1, 0.15) is 0 Å². The van der Waals surface area contributed by atoms with Crippen LogP contribution in [0.5, 0.6) is 6.01 Å². The summed E-state index contributed by atoms with van der Waals surface area (Å²) < 4.78 is 17.2. The molecule has 186 valence electrons. The molecule has 4 atom stereocenters. The second-order valence-corrected chi connectivity index (χ2v) is 9.41. The minimum absolute atomic E-state index is 0.238. The van der Waals surface area contributed by atoms with Crippen molar-refractivity contribution in [1.82, 2.24) is 29.9 Å². The van der Waals surface area contributed by atoms with Crippen LogP contribution in [-0.4, -0.2) is 72.6 Å². The molecule has 0 saturated carbocycles. The van der Waals surface area contributed by atoms with Crippen LogP contribution in [0.3, 0.4) is 0 Å². The number of ether oxygens (including phenoxy) is 3. The Morgan fingerprint density at radius 2 is 1.76 bits per heavy atom. The first kappa shape index (κ1) is 22.4. The van der Waals surface area contributed by atoms with Gasteiger partial charge in [0.05, 0.1) is 29.4 Å². The average molecular weight is 517 g/mol. The molecule has 2 fully saturated rings. The zero-order valence-electron chi connectivity index (χ0n) is 19.3. The van der Waals surface area contributed by atoms with Crippen LogP contribution in [0.4, 0.5) is 0 Å². The van der Waals surface area contributed by atoms with E-state index in [9.17, 15) is 5.11 Å². The Bertz CT molecular complexity index is 1560. The van der Waals surface area contributed by atoms with Gasteiger partial charge in [-0.3, -0.25) is 4.98 Å². The van der Waals surface area contributed by atoms with Crippen LogP contribution in [0.25, 0.3) is 45.1 Å². The van der Waals surface area contributed by atoms with Crippen molar-refractivity contribution in [3.05, 3.63) is 66.1 Å². The molecule has 0 bridgehead atoms. The smallest absolute Gasteiger partial charge is 0.296 e. The molecule has 11 heteroatoms. The van der Waals surface area contributed by atoms with Gasteiger partial charge < -0.3 is 29.3 Å². The van der Waals surface area contributed by atoms with E-state index < -0.39 is 6.10 Å². The molecule has 0 radical (unpaired) electrons.